The summed E-state index contributed by atoms with van der Waals surface area (Å²) in [6.07, 6.45) is 4.53. The zero-order valence-electron chi connectivity index (χ0n) is 14.8. The lowest BCUT2D eigenvalue weighted by molar-refractivity contribution is -0.137. The Hall–Kier alpha value is -2.15. The van der Waals surface area contributed by atoms with E-state index in [0.717, 1.165) is 41.8 Å². The molecule has 1 fully saturated rings. The number of H-pyrrole nitrogens is 1. The van der Waals surface area contributed by atoms with Gasteiger partial charge in [-0.1, -0.05) is 0 Å². The molecule has 2 heterocycles. The first-order valence-corrected chi connectivity index (χ1v) is 8.45. The zero-order chi connectivity index (χ0) is 17.3. The maximum atomic E-state index is 12.6. The molecule has 1 aliphatic rings. The van der Waals surface area contributed by atoms with Gasteiger partial charge in [-0.25, -0.2) is 9.97 Å². The minimum absolute atomic E-state index is 0.0102. The molecule has 7 heteroatoms. The molecule has 1 atom stereocenters. The molecule has 0 bridgehead atoms. The van der Waals surface area contributed by atoms with Gasteiger partial charge in [0.2, 0.25) is 5.91 Å². The second-order valence-corrected chi connectivity index (χ2v) is 6.97. The topological polar surface area (TPSA) is 85.9 Å². The molecule has 2 aromatic rings. The minimum Gasteiger partial charge on any atom is -0.366 e. The third-order valence-electron chi connectivity index (χ3n) is 4.96. The minimum atomic E-state index is -0.326. The number of carbonyl (C=O) groups excluding carboxylic acids is 1. The summed E-state index contributed by atoms with van der Waals surface area (Å²) in [6.45, 7) is 4.61. The number of hydrogen-bond acceptors (Lipinski definition) is 5. The Morgan fingerprint density at radius 1 is 1.42 bits per heavy atom. The van der Waals surface area contributed by atoms with Gasteiger partial charge in [-0.3, -0.25) is 9.69 Å². The fraction of sp³-hybridized carbons (Fsp3) is 0.588. The summed E-state index contributed by atoms with van der Waals surface area (Å²) in [5.41, 5.74) is 2.51. The van der Waals surface area contributed by atoms with Crippen LogP contribution in [0.2, 0.25) is 0 Å². The maximum Gasteiger partial charge on any atom is 0.240 e. The van der Waals surface area contributed by atoms with Crippen molar-refractivity contribution in [2.24, 2.45) is 0 Å². The van der Waals surface area contributed by atoms with E-state index in [0.29, 0.717) is 6.54 Å². The van der Waals surface area contributed by atoms with E-state index in [4.69, 9.17) is 0 Å². The molecule has 3 rings (SSSR count). The number of nitrogens with zero attached hydrogens (tertiary/aromatic N) is 3. The highest BCUT2D eigenvalue weighted by atomic mass is 16.2. The van der Waals surface area contributed by atoms with Crippen molar-refractivity contribution in [3.8, 4) is 0 Å². The smallest absolute Gasteiger partial charge is 0.240 e. The van der Waals surface area contributed by atoms with Crippen LogP contribution in [0.15, 0.2) is 12.4 Å². The lowest BCUT2D eigenvalue weighted by atomic mass is 9.75. The highest BCUT2D eigenvalue weighted by Gasteiger charge is 2.46. The van der Waals surface area contributed by atoms with Crippen LogP contribution in [-0.2, 0) is 4.79 Å². The Kier molecular flexibility index (Phi) is 4.45. The fourth-order valence-electron chi connectivity index (χ4n) is 3.25. The number of anilines is 1. The predicted octanol–water partition coefficient (Wildman–Crippen LogP) is 1.67. The second-order valence-electron chi connectivity index (χ2n) is 6.97. The van der Waals surface area contributed by atoms with Gasteiger partial charge in [0, 0.05) is 18.3 Å². The summed E-state index contributed by atoms with van der Waals surface area (Å²) in [6, 6.07) is 2.00. The van der Waals surface area contributed by atoms with E-state index in [1.165, 1.54) is 0 Å². The average Bonchev–Trinajstić information content (AvgIpc) is 2.83. The molecule has 0 spiro atoms. The van der Waals surface area contributed by atoms with Crippen molar-refractivity contribution in [2.75, 3.05) is 26.0 Å². The fourth-order valence-corrected chi connectivity index (χ4v) is 3.25. The van der Waals surface area contributed by atoms with Gasteiger partial charge in [-0.2, -0.15) is 0 Å². The van der Waals surface area contributed by atoms with Crippen LogP contribution in [-0.4, -0.2) is 58.0 Å². The van der Waals surface area contributed by atoms with Crippen molar-refractivity contribution in [1.82, 2.24) is 25.2 Å². The Bertz CT molecular complexity index is 734. The standard InChI is InChI=1S/C17H26N6O/c1-11-8-13-14(21-11)15(20-10-19-13)18-9-12(2)22-16(24)17(23(3)4)6-5-7-17/h8,10,12,21H,5-7,9H2,1-4H3,(H,22,24)(H,18,19,20)/t12-/m1/s1. The molecule has 1 saturated carbocycles. The normalized spacial score (nSPS) is 17.5. The van der Waals surface area contributed by atoms with Crippen LogP contribution in [0.5, 0.6) is 0 Å². The number of aromatic nitrogens is 3. The molecule has 0 unspecified atom stereocenters. The van der Waals surface area contributed by atoms with Gasteiger partial charge in [-0.05, 0) is 53.3 Å². The number of amides is 1. The number of fused-ring (bicyclic) bond motifs is 1. The number of aryl methyl sites for hydroxylation is 1. The molecular formula is C17H26N6O. The van der Waals surface area contributed by atoms with E-state index in [1.54, 1.807) is 6.33 Å². The van der Waals surface area contributed by atoms with Crippen LogP contribution in [0, 0.1) is 6.92 Å². The van der Waals surface area contributed by atoms with Gasteiger partial charge in [0.05, 0.1) is 11.1 Å². The number of carbonyl (C=O) groups is 1. The quantitative estimate of drug-likeness (QED) is 0.750. The molecule has 0 radical (unpaired) electrons. The van der Waals surface area contributed by atoms with Crippen molar-refractivity contribution in [3.05, 3.63) is 18.1 Å². The van der Waals surface area contributed by atoms with Crippen LogP contribution >= 0.6 is 0 Å². The molecule has 1 aliphatic carbocycles. The van der Waals surface area contributed by atoms with Crippen molar-refractivity contribution >= 4 is 22.8 Å². The van der Waals surface area contributed by atoms with Crippen molar-refractivity contribution in [2.45, 2.75) is 44.7 Å². The molecular weight excluding hydrogens is 304 g/mol. The molecule has 0 saturated heterocycles. The molecule has 3 N–H and O–H groups in total. The Balaban J connectivity index is 1.61. The first-order valence-electron chi connectivity index (χ1n) is 8.45. The highest BCUT2D eigenvalue weighted by Crippen LogP contribution is 2.36. The lowest BCUT2D eigenvalue weighted by Gasteiger charge is -2.45. The summed E-state index contributed by atoms with van der Waals surface area (Å²) >= 11 is 0. The first kappa shape index (κ1) is 16.7. The van der Waals surface area contributed by atoms with E-state index >= 15 is 0 Å². The van der Waals surface area contributed by atoms with Crippen molar-refractivity contribution in [3.63, 3.8) is 0 Å². The first-order chi connectivity index (χ1) is 11.4. The number of nitrogens with one attached hydrogen (secondary N) is 3. The number of aromatic amines is 1. The van der Waals surface area contributed by atoms with Gasteiger partial charge in [-0.15, -0.1) is 0 Å². The summed E-state index contributed by atoms with van der Waals surface area (Å²) in [7, 11) is 3.96. The predicted molar refractivity (Wildman–Crippen MR) is 95.0 cm³/mol. The summed E-state index contributed by atoms with van der Waals surface area (Å²) in [5.74, 6) is 0.886. The summed E-state index contributed by atoms with van der Waals surface area (Å²) in [5, 5.41) is 6.44. The second kappa shape index (κ2) is 6.39. The molecule has 24 heavy (non-hydrogen) atoms. The highest BCUT2D eigenvalue weighted by molar-refractivity contribution is 5.88. The third-order valence-corrected chi connectivity index (χ3v) is 4.96. The molecule has 7 nitrogen and oxygen atoms in total. The number of hydrogen-bond donors (Lipinski definition) is 3. The van der Waals surface area contributed by atoms with E-state index in [9.17, 15) is 4.79 Å². The Morgan fingerprint density at radius 2 is 2.17 bits per heavy atom. The third kappa shape index (κ3) is 2.96. The van der Waals surface area contributed by atoms with Crippen molar-refractivity contribution < 1.29 is 4.79 Å². The van der Waals surface area contributed by atoms with Crippen LogP contribution in [0.1, 0.15) is 31.9 Å². The van der Waals surface area contributed by atoms with Gasteiger partial charge in [0.15, 0.2) is 5.82 Å². The SMILES string of the molecule is Cc1cc2ncnc(NC[C@@H](C)NC(=O)C3(N(C)C)CCC3)c2[nH]1. The molecule has 0 aliphatic heterocycles. The molecule has 2 aromatic heterocycles. The van der Waals surface area contributed by atoms with Gasteiger partial charge >= 0.3 is 0 Å². The van der Waals surface area contributed by atoms with Crippen LogP contribution in [0.4, 0.5) is 5.82 Å². The number of rotatable bonds is 6. The zero-order valence-corrected chi connectivity index (χ0v) is 14.8. The van der Waals surface area contributed by atoms with Gasteiger partial charge < -0.3 is 15.6 Å². The summed E-state index contributed by atoms with van der Waals surface area (Å²) in [4.78, 5) is 26.5. The largest absolute Gasteiger partial charge is 0.366 e. The Labute approximate surface area is 142 Å². The van der Waals surface area contributed by atoms with Crippen molar-refractivity contribution in [1.29, 1.82) is 0 Å². The van der Waals surface area contributed by atoms with Crippen LogP contribution < -0.4 is 10.6 Å². The summed E-state index contributed by atoms with van der Waals surface area (Å²) < 4.78 is 0. The van der Waals surface area contributed by atoms with E-state index in [1.807, 2.05) is 38.9 Å². The van der Waals surface area contributed by atoms with Crippen LogP contribution in [0.3, 0.4) is 0 Å². The van der Waals surface area contributed by atoms with E-state index in [-0.39, 0.29) is 17.5 Å². The molecule has 1 amide bonds. The lowest BCUT2D eigenvalue weighted by Crippen LogP contribution is -2.62. The molecule has 130 valence electrons. The maximum absolute atomic E-state index is 12.6. The van der Waals surface area contributed by atoms with Gasteiger partial charge in [0.25, 0.3) is 0 Å². The van der Waals surface area contributed by atoms with E-state index < -0.39 is 0 Å². The Morgan fingerprint density at radius 3 is 2.79 bits per heavy atom. The van der Waals surface area contributed by atoms with E-state index in [2.05, 4.69) is 25.6 Å². The molecule has 0 aromatic carbocycles. The number of likely N-dealkylation sites (N-methyl/N-ethyl adjacent to an activating group) is 1. The monoisotopic (exact) mass is 330 g/mol. The van der Waals surface area contributed by atoms with Gasteiger partial charge in [0.1, 0.15) is 11.8 Å². The average molecular weight is 330 g/mol. The van der Waals surface area contributed by atoms with Crippen LogP contribution in [0.25, 0.3) is 11.0 Å².